The zero-order valence-corrected chi connectivity index (χ0v) is 13.7. The van der Waals surface area contributed by atoms with Gasteiger partial charge in [-0.05, 0) is 43.3 Å². The fraction of sp³-hybridized carbons (Fsp3) is 0.188. The maximum absolute atomic E-state index is 13.5. The molecule has 0 bridgehead atoms. The van der Waals surface area contributed by atoms with E-state index in [-0.39, 0.29) is 23.8 Å². The van der Waals surface area contributed by atoms with Crippen molar-refractivity contribution >= 4 is 21.7 Å². The molecule has 0 atom stereocenters. The maximum atomic E-state index is 13.5. The van der Waals surface area contributed by atoms with Gasteiger partial charge in [0.25, 0.3) is 10.0 Å². The van der Waals surface area contributed by atoms with Crippen LogP contribution in [0.5, 0.6) is 5.75 Å². The summed E-state index contributed by atoms with van der Waals surface area (Å²) < 4.78 is 50.1. The summed E-state index contributed by atoms with van der Waals surface area (Å²) in [5, 5.41) is 0. The molecule has 0 radical (unpaired) electrons. The van der Waals surface area contributed by atoms with Gasteiger partial charge in [-0.3, -0.25) is 4.72 Å². The zero-order chi connectivity index (χ0) is 17.6. The van der Waals surface area contributed by atoms with E-state index in [1.54, 1.807) is 6.92 Å². The number of carbonyl (C=O) groups is 1. The van der Waals surface area contributed by atoms with Gasteiger partial charge < -0.3 is 9.47 Å². The lowest BCUT2D eigenvalue weighted by Gasteiger charge is -2.10. The molecule has 0 aromatic heterocycles. The van der Waals surface area contributed by atoms with Crippen molar-refractivity contribution in [3.05, 3.63) is 54.3 Å². The summed E-state index contributed by atoms with van der Waals surface area (Å²) in [5.74, 6) is -0.876. The van der Waals surface area contributed by atoms with Crippen molar-refractivity contribution in [2.45, 2.75) is 11.8 Å². The predicted octanol–water partition coefficient (Wildman–Crippen LogP) is 2.57. The van der Waals surface area contributed by atoms with Gasteiger partial charge in [0.2, 0.25) is 0 Å². The molecule has 8 heteroatoms. The third kappa shape index (κ3) is 4.69. The molecule has 0 aliphatic carbocycles. The summed E-state index contributed by atoms with van der Waals surface area (Å²) in [6, 6.07) is 10.8. The lowest BCUT2D eigenvalue weighted by atomic mass is 10.3. The van der Waals surface area contributed by atoms with E-state index in [1.807, 2.05) is 0 Å². The lowest BCUT2D eigenvalue weighted by molar-refractivity contribution is -0.145. The second kappa shape index (κ2) is 7.78. The van der Waals surface area contributed by atoms with E-state index < -0.39 is 21.8 Å². The number of esters is 1. The Balaban J connectivity index is 2.06. The van der Waals surface area contributed by atoms with Gasteiger partial charge in [0.15, 0.2) is 6.61 Å². The standard InChI is InChI=1S/C16H16FNO5S/c1-2-22-16(19)11-23-12-7-9-13(10-8-12)24(20,21)18-15-6-4-3-5-14(15)17/h3-10,18H,2,11H2,1H3. The van der Waals surface area contributed by atoms with Crippen molar-refractivity contribution in [3.8, 4) is 5.75 Å². The highest BCUT2D eigenvalue weighted by Crippen LogP contribution is 2.21. The molecule has 0 unspecified atom stereocenters. The highest BCUT2D eigenvalue weighted by Gasteiger charge is 2.16. The van der Waals surface area contributed by atoms with Crippen molar-refractivity contribution in [2.24, 2.45) is 0 Å². The summed E-state index contributed by atoms with van der Waals surface area (Å²) in [5.41, 5.74) is -0.139. The normalized spacial score (nSPS) is 10.9. The molecule has 0 spiro atoms. The smallest absolute Gasteiger partial charge is 0.344 e. The molecule has 2 aromatic carbocycles. The van der Waals surface area contributed by atoms with Crippen molar-refractivity contribution in [3.63, 3.8) is 0 Å². The Morgan fingerprint density at radius 1 is 1.12 bits per heavy atom. The molecule has 2 aromatic rings. The van der Waals surface area contributed by atoms with Gasteiger partial charge in [-0.25, -0.2) is 17.6 Å². The van der Waals surface area contributed by atoms with Crippen molar-refractivity contribution in [1.29, 1.82) is 0 Å². The van der Waals surface area contributed by atoms with E-state index in [1.165, 1.54) is 42.5 Å². The molecule has 1 N–H and O–H groups in total. The Bertz CT molecular complexity index is 805. The molecule has 0 aliphatic rings. The van der Waals surface area contributed by atoms with E-state index >= 15 is 0 Å². The first-order valence-corrected chi connectivity index (χ1v) is 8.56. The van der Waals surface area contributed by atoms with E-state index in [0.29, 0.717) is 5.75 Å². The number of nitrogens with one attached hydrogen (secondary N) is 1. The van der Waals surface area contributed by atoms with Crippen LogP contribution in [0.4, 0.5) is 10.1 Å². The highest BCUT2D eigenvalue weighted by atomic mass is 32.2. The van der Waals surface area contributed by atoms with Crippen LogP contribution in [0.1, 0.15) is 6.92 Å². The van der Waals surface area contributed by atoms with Gasteiger partial charge in [-0.15, -0.1) is 0 Å². The van der Waals surface area contributed by atoms with E-state index in [0.717, 1.165) is 6.07 Å². The monoisotopic (exact) mass is 353 g/mol. The third-order valence-electron chi connectivity index (χ3n) is 2.91. The van der Waals surface area contributed by atoms with Crippen molar-refractivity contribution < 1.29 is 27.1 Å². The number of rotatable bonds is 7. The molecule has 6 nitrogen and oxygen atoms in total. The molecule has 0 amide bonds. The number of para-hydroxylation sites is 1. The first kappa shape index (κ1) is 17.7. The summed E-state index contributed by atoms with van der Waals surface area (Å²) in [6.07, 6.45) is 0. The number of hydrogen-bond donors (Lipinski definition) is 1. The minimum absolute atomic E-state index is 0.0609. The first-order chi connectivity index (χ1) is 11.4. The van der Waals surface area contributed by atoms with Crippen LogP contribution in [0, 0.1) is 5.82 Å². The van der Waals surface area contributed by atoms with E-state index in [9.17, 15) is 17.6 Å². The fourth-order valence-corrected chi connectivity index (χ4v) is 2.87. The molecule has 0 heterocycles. The number of sulfonamides is 1. The maximum Gasteiger partial charge on any atom is 0.344 e. The van der Waals surface area contributed by atoms with Gasteiger partial charge in [-0.1, -0.05) is 12.1 Å². The van der Waals surface area contributed by atoms with Crippen LogP contribution in [0.2, 0.25) is 0 Å². The summed E-state index contributed by atoms with van der Waals surface area (Å²) in [6.45, 7) is 1.66. The topological polar surface area (TPSA) is 81.7 Å². The summed E-state index contributed by atoms with van der Waals surface area (Å²) in [4.78, 5) is 11.1. The molecule has 24 heavy (non-hydrogen) atoms. The van der Waals surface area contributed by atoms with Crippen molar-refractivity contribution in [1.82, 2.24) is 0 Å². The first-order valence-electron chi connectivity index (χ1n) is 7.08. The molecular weight excluding hydrogens is 337 g/mol. The van der Waals surface area contributed by atoms with Crippen molar-refractivity contribution in [2.75, 3.05) is 17.9 Å². The lowest BCUT2D eigenvalue weighted by Crippen LogP contribution is -2.15. The largest absolute Gasteiger partial charge is 0.482 e. The molecule has 128 valence electrons. The Kier molecular flexibility index (Phi) is 5.75. The number of hydrogen-bond acceptors (Lipinski definition) is 5. The second-order valence-corrected chi connectivity index (χ2v) is 6.33. The minimum Gasteiger partial charge on any atom is -0.482 e. The number of carbonyl (C=O) groups excluding carboxylic acids is 1. The summed E-state index contributed by atoms with van der Waals surface area (Å²) >= 11 is 0. The van der Waals surface area contributed by atoms with E-state index in [4.69, 9.17) is 9.47 Å². The molecule has 0 saturated carbocycles. The van der Waals surface area contributed by atoms with Crippen LogP contribution >= 0.6 is 0 Å². The Labute approximate surface area is 139 Å². The van der Waals surface area contributed by atoms with E-state index in [2.05, 4.69) is 4.72 Å². The van der Waals surface area contributed by atoms with Crippen LogP contribution < -0.4 is 9.46 Å². The number of benzene rings is 2. The molecule has 2 rings (SSSR count). The Morgan fingerprint density at radius 3 is 2.42 bits per heavy atom. The van der Waals surface area contributed by atoms with Gasteiger partial charge in [0, 0.05) is 0 Å². The number of ether oxygens (including phenoxy) is 2. The summed E-state index contributed by atoms with van der Waals surface area (Å²) in [7, 11) is -3.93. The molecular formula is C16H16FNO5S. The Morgan fingerprint density at radius 2 is 1.79 bits per heavy atom. The molecule has 0 fully saturated rings. The average molecular weight is 353 g/mol. The van der Waals surface area contributed by atoms with Crippen LogP contribution in [0.3, 0.4) is 0 Å². The fourth-order valence-electron chi connectivity index (χ4n) is 1.81. The van der Waals surface area contributed by atoms with Gasteiger partial charge >= 0.3 is 5.97 Å². The second-order valence-electron chi connectivity index (χ2n) is 4.65. The van der Waals surface area contributed by atoms with Crippen LogP contribution in [-0.2, 0) is 19.6 Å². The van der Waals surface area contributed by atoms with Gasteiger partial charge in [0.1, 0.15) is 11.6 Å². The zero-order valence-electron chi connectivity index (χ0n) is 12.9. The minimum atomic E-state index is -3.93. The highest BCUT2D eigenvalue weighted by molar-refractivity contribution is 7.92. The van der Waals surface area contributed by atoms with Gasteiger partial charge in [-0.2, -0.15) is 0 Å². The molecule has 0 aliphatic heterocycles. The average Bonchev–Trinajstić information content (AvgIpc) is 2.56. The Hall–Kier alpha value is -2.61. The predicted molar refractivity (Wildman–Crippen MR) is 85.8 cm³/mol. The van der Waals surface area contributed by atoms with Crippen LogP contribution in [0.25, 0.3) is 0 Å². The number of halogens is 1. The third-order valence-corrected chi connectivity index (χ3v) is 4.30. The SMILES string of the molecule is CCOC(=O)COc1ccc(S(=O)(=O)Nc2ccccc2F)cc1. The quantitative estimate of drug-likeness (QED) is 0.774. The number of anilines is 1. The van der Waals surface area contributed by atoms with Crippen LogP contribution in [-0.4, -0.2) is 27.6 Å². The van der Waals surface area contributed by atoms with Crippen LogP contribution in [0.15, 0.2) is 53.4 Å². The van der Waals surface area contributed by atoms with Gasteiger partial charge in [0.05, 0.1) is 17.2 Å². The molecule has 0 saturated heterocycles.